The second kappa shape index (κ2) is 1.46. The van der Waals surface area contributed by atoms with Gasteiger partial charge >= 0.3 is 0 Å². The lowest BCUT2D eigenvalue weighted by atomic mass is 10.2. The quantitative estimate of drug-likeness (QED) is 0.418. The van der Waals surface area contributed by atoms with Crippen LogP contribution in [0, 0.1) is 5.92 Å². The van der Waals surface area contributed by atoms with Crippen LogP contribution in [0.1, 0.15) is 19.8 Å². The Labute approximate surface area is 38.9 Å². The van der Waals surface area contributed by atoms with Crippen LogP contribution in [0.2, 0.25) is 0 Å². The molecule has 0 aromatic rings. The summed E-state index contributed by atoms with van der Waals surface area (Å²) in [5.74, 6) is 1.52. The second-order valence-corrected chi connectivity index (χ2v) is 1.79. The predicted molar refractivity (Wildman–Crippen MR) is 27.3 cm³/mol. The molecule has 0 heteroatoms. The van der Waals surface area contributed by atoms with E-state index in [4.69, 9.17) is 0 Å². The summed E-state index contributed by atoms with van der Waals surface area (Å²) < 4.78 is 0. The van der Waals surface area contributed by atoms with Crippen LogP contribution in [0.3, 0.4) is 0 Å². The van der Waals surface area contributed by atoms with Gasteiger partial charge in [0.2, 0.25) is 0 Å². The van der Waals surface area contributed by atoms with Gasteiger partial charge in [-0.05, 0) is 18.8 Å². The smallest absolute Gasteiger partial charge is 0.00552 e. The number of rotatable bonds is 0. The molecule has 0 N–H and O–H groups in total. The minimum absolute atomic E-state index is 1.27. The van der Waals surface area contributed by atoms with Crippen LogP contribution in [0.4, 0.5) is 0 Å². The van der Waals surface area contributed by atoms with Gasteiger partial charge in [-0.3, -0.25) is 0 Å². The van der Waals surface area contributed by atoms with Crippen LogP contribution >= 0.6 is 0 Å². The Balaban J connectivity index is 2.38. The zero-order chi connectivity index (χ0) is 4.41. The maximum absolute atomic E-state index is 2.22. The van der Waals surface area contributed by atoms with Crippen molar-refractivity contribution in [3.8, 4) is 0 Å². The van der Waals surface area contributed by atoms with Crippen molar-refractivity contribution in [2.75, 3.05) is 0 Å². The number of allylic oxidation sites excluding steroid dienone is 2. The molecule has 6 heavy (non-hydrogen) atoms. The molecule has 1 rings (SSSR count). The first kappa shape index (κ1) is 3.91. The molecule has 0 heterocycles. The summed E-state index contributed by atoms with van der Waals surface area (Å²) in [5.41, 5.74) is 0. The first-order valence-corrected chi connectivity index (χ1v) is 2.38. The molecule has 1 aliphatic rings. The molecule has 0 aromatic carbocycles. The van der Waals surface area contributed by atoms with Gasteiger partial charge in [-0.2, -0.15) is 0 Å². The van der Waals surface area contributed by atoms with Crippen molar-refractivity contribution < 1.29 is 0 Å². The minimum Gasteiger partial charge on any atom is -0.0879 e. The largest absolute Gasteiger partial charge is 0.0879 e. The van der Waals surface area contributed by atoms with Crippen LogP contribution in [-0.4, -0.2) is 0 Å². The number of hydrogen-bond acceptors (Lipinski definition) is 0. The van der Waals surface area contributed by atoms with Crippen LogP contribution < -0.4 is 0 Å². The molecule has 0 spiro atoms. The first-order valence-electron chi connectivity index (χ1n) is 2.38. The van der Waals surface area contributed by atoms with E-state index in [1.54, 1.807) is 0 Å². The van der Waals surface area contributed by atoms with Gasteiger partial charge in [-0.1, -0.05) is 19.1 Å². The van der Waals surface area contributed by atoms with E-state index in [-0.39, 0.29) is 0 Å². The lowest BCUT2D eigenvalue weighted by Crippen LogP contribution is -1.73. The normalized spacial score (nSPS) is 22.8. The van der Waals surface area contributed by atoms with Gasteiger partial charge in [0.25, 0.3) is 0 Å². The summed E-state index contributed by atoms with van der Waals surface area (Å²) in [5, 5.41) is 0. The third kappa shape index (κ3) is 0.618. The van der Waals surface area contributed by atoms with E-state index in [1.807, 2.05) is 0 Å². The molecular formula is C6H9. The standard InChI is InChI=1S/C6H9/c1-6-4-2-3-5-6/h2,4H,3,5H2,1H3. The fourth-order valence-electron chi connectivity index (χ4n) is 0.679. The van der Waals surface area contributed by atoms with Crippen LogP contribution in [0.15, 0.2) is 12.2 Å². The summed E-state index contributed by atoms with van der Waals surface area (Å²) in [6.07, 6.45) is 6.97. The van der Waals surface area contributed by atoms with Gasteiger partial charge in [-0.25, -0.2) is 0 Å². The molecule has 0 saturated heterocycles. The van der Waals surface area contributed by atoms with E-state index in [1.165, 1.54) is 18.8 Å². The molecule has 0 fully saturated rings. The van der Waals surface area contributed by atoms with E-state index >= 15 is 0 Å². The van der Waals surface area contributed by atoms with E-state index in [0.717, 1.165) is 0 Å². The fourth-order valence-corrected chi connectivity index (χ4v) is 0.679. The topological polar surface area (TPSA) is 0 Å². The SMILES string of the molecule is C[C]1C=CCC1. The summed E-state index contributed by atoms with van der Waals surface area (Å²) in [6, 6.07) is 0. The van der Waals surface area contributed by atoms with Crippen molar-refractivity contribution in [1.29, 1.82) is 0 Å². The summed E-state index contributed by atoms with van der Waals surface area (Å²) in [4.78, 5) is 0. The third-order valence-electron chi connectivity index (χ3n) is 1.11. The molecular weight excluding hydrogens is 72.1 g/mol. The van der Waals surface area contributed by atoms with E-state index in [9.17, 15) is 0 Å². The van der Waals surface area contributed by atoms with Crippen LogP contribution in [-0.2, 0) is 0 Å². The summed E-state index contributed by atoms with van der Waals surface area (Å²) in [7, 11) is 0. The number of hydrogen-bond donors (Lipinski definition) is 0. The molecule has 0 unspecified atom stereocenters. The van der Waals surface area contributed by atoms with Crippen molar-refractivity contribution in [2.45, 2.75) is 19.8 Å². The second-order valence-electron chi connectivity index (χ2n) is 1.79. The zero-order valence-corrected chi connectivity index (χ0v) is 4.07. The van der Waals surface area contributed by atoms with Crippen LogP contribution in [0.25, 0.3) is 0 Å². The molecule has 0 atom stereocenters. The lowest BCUT2D eigenvalue weighted by Gasteiger charge is -1.88. The summed E-state index contributed by atoms with van der Waals surface area (Å²) >= 11 is 0. The summed E-state index contributed by atoms with van der Waals surface area (Å²) in [6.45, 7) is 2.17. The highest BCUT2D eigenvalue weighted by molar-refractivity contribution is 5.13. The van der Waals surface area contributed by atoms with Crippen molar-refractivity contribution >= 4 is 0 Å². The molecule has 1 aliphatic carbocycles. The maximum Gasteiger partial charge on any atom is -0.00552 e. The van der Waals surface area contributed by atoms with Crippen molar-refractivity contribution in [3.05, 3.63) is 18.1 Å². The monoisotopic (exact) mass is 81.1 g/mol. The Morgan fingerprint density at radius 3 is 2.67 bits per heavy atom. The molecule has 0 aromatic heterocycles. The maximum atomic E-state index is 2.22. The first-order chi connectivity index (χ1) is 2.89. The van der Waals surface area contributed by atoms with Gasteiger partial charge in [0.15, 0.2) is 0 Å². The Morgan fingerprint density at radius 2 is 2.50 bits per heavy atom. The van der Waals surface area contributed by atoms with E-state index in [0.29, 0.717) is 0 Å². The molecule has 0 saturated carbocycles. The molecule has 1 radical (unpaired) electrons. The molecule has 0 amide bonds. The Morgan fingerprint density at radius 1 is 1.67 bits per heavy atom. The Bertz CT molecular complexity index is 62.4. The lowest BCUT2D eigenvalue weighted by molar-refractivity contribution is 0.953. The van der Waals surface area contributed by atoms with Crippen LogP contribution in [0.5, 0.6) is 0 Å². The fraction of sp³-hybridized carbons (Fsp3) is 0.500. The van der Waals surface area contributed by atoms with Crippen molar-refractivity contribution in [3.63, 3.8) is 0 Å². The van der Waals surface area contributed by atoms with Gasteiger partial charge in [0.1, 0.15) is 0 Å². The van der Waals surface area contributed by atoms with Gasteiger partial charge < -0.3 is 0 Å². The predicted octanol–water partition coefficient (Wildman–Crippen LogP) is 1.93. The average Bonchev–Trinajstić information content (AvgIpc) is 1.86. The molecule has 0 aliphatic heterocycles. The van der Waals surface area contributed by atoms with E-state index in [2.05, 4.69) is 19.1 Å². The van der Waals surface area contributed by atoms with E-state index < -0.39 is 0 Å². The highest BCUT2D eigenvalue weighted by Gasteiger charge is 1.99. The Kier molecular flexibility index (Phi) is 0.952. The highest BCUT2D eigenvalue weighted by Crippen LogP contribution is 2.16. The van der Waals surface area contributed by atoms with Crippen molar-refractivity contribution in [2.24, 2.45) is 0 Å². The van der Waals surface area contributed by atoms with Crippen molar-refractivity contribution in [1.82, 2.24) is 0 Å². The average molecular weight is 81.1 g/mol. The highest BCUT2D eigenvalue weighted by atomic mass is 14.0. The molecule has 0 bridgehead atoms. The zero-order valence-electron chi connectivity index (χ0n) is 4.07. The van der Waals surface area contributed by atoms with Gasteiger partial charge in [0.05, 0.1) is 0 Å². The van der Waals surface area contributed by atoms with Gasteiger partial charge in [-0.15, -0.1) is 0 Å². The third-order valence-corrected chi connectivity index (χ3v) is 1.11. The Hall–Kier alpha value is -0.260. The minimum atomic E-state index is 1.27. The molecule has 33 valence electrons. The molecule has 0 nitrogen and oxygen atoms in total. The van der Waals surface area contributed by atoms with Gasteiger partial charge in [0, 0.05) is 0 Å².